The second-order valence-corrected chi connectivity index (χ2v) is 6.40. The molecule has 18 heavy (non-hydrogen) atoms. The van der Waals surface area contributed by atoms with Gasteiger partial charge in [0.2, 0.25) is 0 Å². The molecule has 0 aromatic carbocycles. The highest BCUT2D eigenvalue weighted by molar-refractivity contribution is 4.98. The Bertz CT molecular complexity index is 270. The lowest BCUT2D eigenvalue weighted by atomic mass is 9.72. The highest BCUT2D eigenvalue weighted by atomic mass is 16.5. The van der Waals surface area contributed by atoms with E-state index in [1.165, 1.54) is 6.42 Å². The molecular formula is C14H27NO3. The summed E-state index contributed by atoms with van der Waals surface area (Å²) in [6.07, 6.45) is 3.40. The average molecular weight is 257 g/mol. The van der Waals surface area contributed by atoms with Crippen LogP contribution in [0.15, 0.2) is 0 Å². The maximum Gasteiger partial charge on any atom is 0.0971 e. The molecule has 2 fully saturated rings. The molecule has 1 saturated heterocycles. The zero-order valence-electron chi connectivity index (χ0n) is 12.1. The molecule has 1 aliphatic carbocycles. The van der Waals surface area contributed by atoms with Crippen molar-refractivity contribution in [3.63, 3.8) is 0 Å². The van der Waals surface area contributed by atoms with Gasteiger partial charge in [-0.05, 0) is 18.3 Å². The summed E-state index contributed by atoms with van der Waals surface area (Å²) >= 11 is 0. The number of likely N-dealkylation sites (tertiary alicyclic amines) is 1. The molecule has 1 heterocycles. The summed E-state index contributed by atoms with van der Waals surface area (Å²) in [6, 6.07) is 0.256. The van der Waals surface area contributed by atoms with Crippen LogP contribution in [0.3, 0.4) is 0 Å². The zero-order valence-corrected chi connectivity index (χ0v) is 12.1. The number of rotatable bonds is 3. The van der Waals surface area contributed by atoms with Crippen LogP contribution in [0.25, 0.3) is 0 Å². The molecule has 4 nitrogen and oxygen atoms in total. The van der Waals surface area contributed by atoms with Crippen LogP contribution in [0, 0.1) is 5.41 Å². The van der Waals surface area contributed by atoms with Crippen molar-refractivity contribution in [1.82, 2.24) is 4.90 Å². The van der Waals surface area contributed by atoms with E-state index in [4.69, 9.17) is 9.47 Å². The summed E-state index contributed by atoms with van der Waals surface area (Å²) in [5.74, 6) is 0. The van der Waals surface area contributed by atoms with Gasteiger partial charge in [-0.15, -0.1) is 0 Å². The highest BCUT2D eigenvalue weighted by Gasteiger charge is 2.44. The summed E-state index contributed by atoms with van der Waals surface area (Å²) in [7, 11) is 3.48. The minimum absolute atomic E-state index is 0.0244. The molecule has 0 amide bonds. The zero-order chi connectivity index (χ0) is 13.3. The first-order chi connectivity index (χ1) is 8.49. The molecule has 1 saturated carbocycles. The summed E-state index contributed by atoms with van der Waals surface area (Å²) in [6.45, 7) is 6.07. The van der Waals surface area contributed by atoms with E-state index in [1.54, 1.807) is 14.2 Å². The predicted octanol–water partition coefficient (Wildman–Crippen LogP) is 1.27. The van der Waals surface area contributed by atoms with Gasteiger partial charge in [-0.1, -0.05) is 20.3 Å². The summed E-state index contributed by atoms with van der Waals surface area (Å²) < 4.78 is 10.9. The van der Waals surface area contributed by atoms with Crippen molar-refractivity contribution in [2.45, 2.75) is 57.5 Å². The maximum atomic E-state index is 10.6. The number of nitrogens with zero attached hydrogens (tertiary/aromatic N) is 1. The van der Waals surface area contributed by atoms with E-state index >= 15 is 0 Å². The second kappa shape index (κ2) is 5.45. The Hall–Kier alpha value is -0.160. The Balaban J connectivity index is 2.04. The minimum atomic E-state index is -0.251. The number of methoxy groups -OCH3 is 2. The van der Waals surface area contributed by atoms with Crippen LogP contribution in [0.1, 0.15) is 33.1 Å². The molecule has 2 rings (SSSR count). The van der Waals surface area contributed by atoms with E-state index in [9.17, 15) is 5.11 Å². The van der Waals surface area contributed by atoms with Crippen LogP contribution in [-0.4, -0.2) is 61.7 Å². The molecule has 4 atom stereocenters. The van der Waals surface area contributed by atoms with Crippen molar-refractivity contribution in [3.8, 4) is 0 Å². The first-order valence-electron chi connectivity index (χ1n) is 6.97. The third-order valence-corrected chi connectivity index (χ3v) is 4.80. The summed E-state index contributed by atoms with van der Waals surface area (Å²) in [5, 5.41) is 10.6. The van der Waals surface area contributed by atoms with Crippen LogP contribution in [0.2, 0.25) is 0 Å². The second-order valence-electron chi connectivity index (χ2n) is 6.40. The van der Waals surface area contributed by atoms with E-state index in [1.807, 2.05) is 0 Å². The monoisotopic (exact) mass is 257 g/mol. The number of ether oxygens (including phenoxy) is 2. The molecular weight excluding hydrogens is 230 g/mol. The van der Waals surface area contributed by atoms with E-state index in [0.717, 1.165) is 25.9 Å². The quantitative estimate of drug-likeness (QED) is 0.827. The van der Waals surface area contributed by atoms with Gasteiger partial charge in [0.1, 0.15) is 0 Å². The van der Waals surface area contributed by atoms with Crippen LogP contribution in [0.4, 0.5) is 0 Å². The fourth-order valence-electron chi connectivity index (χ4n) is 3.47. The molecule has 106 valence electrons. The van der Waals surface area contributed by atoms with Crippen molar-refractivity contribution < 1.29 is 14.6 Å². The van der Waals surface area contributed by atoms with Crippen molar-refractivity contribution in [2.75, 3.05) is 27.3 Å². The van der Waals surface area contributed by atoms with Crippen LogP contribution < -0.4 is 0 Å². The van der Waals surface area contributed by atoms with Crippen LogP contribution in [-0.2, 0) is 9.47 Å². The molecule has 0 aromatic rings. The lowest BCUT2D eigenvalue weighted by Gasteiger charge is -2.44. The van der Waals surface area contributed by atoms with E-state index in [-0.39, 0.29) is 29.8 Å². The topological polar surface area (TPSA) is 41.9 Å². The van der Waals surface area contributed by atoms with E-state index in [2.05, 4.69) is 18.7 Å². The normalized spacial score (nSPS) is 41.2. The van der Waals surface area contributed by atoms with Crippen molar-refractivity contribution >= 4 is 0 Å². The Labute approximate surface area is 110 Å². The first kappa shape index (κ1) is 14.3. The van der Waals surface area contributed by atoms with Crippen LogP contribution >= 0.6 is 0 Å². The van der Waals surface area contributed by atoms with Gasteiger partial charge in [-0.3, -0.25) is 4.90 Å². The van der Waals surface area contributed by atoms with Gasteiger partial charge < -0.3 is 14.6 Å². The Morgan fingerprint density at radius 2 is 1.67 bits per heavy atom. The highest BCUT2D eigenvalue weighted by Crippen LogP contribution is 2.38. The average Bonchev–Trinajstić information content (AvgIpc) is 2.75. The van der Waals surface area contributed by atoms with Crippen molar-refractivity contribution in [1.29, 1.82) is 0 Å². The van der Waals surface area contributed by atoms with E-state index in [0.29, 0.717) is 0 Å². The number of aliphatic hydroxyl groups is 1. The maximum absolute atomic E-state index is 10.6. The lowest BCUT2D eigenvalue weighted by molar-refractivity contribution is -0.0549. The van der Waals surface area contributed by atoms with Gasteiger partial charge in [0.15, 0.2) is 0 Å². The molecule has 0 aromatic heterocycles. The van der Waals surface area contributed by atoms with Gasteiger partial charge in [-0.2, -0.15) is 0 Å². The number of aliphatic hydroxyl groups excluding tert-OH is 1. The summed E-state index contributed by atoms with van der Waals surface area (Å²) in [4.78, 5) is 2.36. The molecule has 4 unspecified atom stereocenters. The molecule has 0 radical (unpaired) electrons. The standard InChI is InChI=1S/C14H27NO3/c1-14(2)7-5-6-10(13(14)16)15-8-11(17-3)12(9-15)18-4/h10-13,16H,5-9H2,1-4H3. The van der Waals surface area contributed by atoms with Crippen molar-refractivity contribution in [3.05, 3.63) is 0 Å². The van der Waals surface area contributed by atoms with Gasteiger partial charge in [0.25, 0.3) is 0 Å². The van der Waals surface area contributed by atoms with Gasteiger partial charge in [0.05, 0.1) is 18.3 Å². The van der Waals surface area contributed by atoms with Gasteiger partial charge in [0, 0.05) is 33.4 Å². The summed E-state index contributed by atoms with van der Waals surface area (Å²) in [5.41, 5.74) is 0.0244. The van der Waals surface area contributed by atoms with Gasteiger partial charge >= 0.3 is 0 Å². The molecule has 0 bridgehead atoms. The molecule has 4 heteroatoms. The molecule has 0 spiro atoms. The molecule has 1 aliphatic heterocycles. The lowest BCUT2D eigenvalue weighted by Crippen LogP contribution is -2.52. The Morgan fingerprint density at radius 3 is 2.17 bits per heavy atom. The predicted molar refractivity (Wildman–Crippen MR) is 70.6 cm³/mol. The van der Waals surface area contributed by atoms with E-state index < -0.39 is 0 Å². The Kier molecular flexibility index (Phi) is 4.32. The third-order valence-electron chi connectivity index (χ3n) is 4.80. The van der Waals surface area contributed by atoms with Crippen LogP contribution in [0.5, 0.6) is 0 Å². The number of hydrogen-bond donors (Lipinski definition) is 1. The van der Waals surface area contributed by atoms with Gasteiger partial charge in [-0.25, -0.2) is 0 Å². The molecule has 2 aliphatic rings. The van der Waals surface area contributed by atoms with Crippen molar-refractivity contribution in [2.24, 2.45) is 5.41 Å². The Morgan fingerprint density at radius 1 is 1.11 bits per heavy atom. The smallest absolute Gasteiger partial charge is 0.0971 e. The third kappa shape index (κ3) is 2.57. The number of hydrogen-bond acceptors (Lipinski definition) is 4. The first-order valence-corrected chi connectivity index (χ1v) is 6.97. The minimum Gasteiger partial charge on any atom is -0.391 e. The molecule has 1 N–H and O–H groups in total. The fraction of sp³-hybridized carbons (Fsp3) is 1.00. The fourth-order valence-corrected chi connectivity index (χ4v) is 3.47. The largest absolute Gasteiger partial charge is 0.391 e. The SMILES string of the molecule is COC1CN(C2CCCC(C)(C)C2O)CC1OC.